The second-order valence-electron chi connectivity index (χ2n) is 2.85. The van der Waals surface area contributed by atoms with Crippen LogP contribution in [-0.4, -0.2) is 26.3 Å². The van der Waals surface area contributed by atoms with Gasteiger partial charge in [0, 0.05) is 18.9 Å². The Labute approximate surface area is 92.1 Å². The maximum atomic E-state index is 5.97. The van der Waals surface area contributed by atoms with Crippen LogP contribution in [-0.2, 0) is 0 Å². The molecule has 2 heterocycles. The van der Waals surface area contributed by atoms with Crippen LogP contribution in [0.4, 0.5) is 5.95 Å². The Bertz CT molecular complexity index is 440. The zero-order chi connectivity index (χ0) is 10.7. The molecule has 0 aliphatic rings. The van der Waals surface area contributed by atoms with E-state index in [2.05, 4.69) is 20.4 Å². The molecule has 2 rings (SSSR count). The van der Waals surface area contributed by atoms with E-state index in [1.807, 2.05) is 13.0 Å². The smallest absolute Gasteiger partial charge is 0.224 e. The number of halogens is 1. The van der Waals surface area contributed by atoms with E-state index < -0.39 is 0 Å². The van der Waals surface area contributed by atoms with Crippen LogP contribution in [0.25, 0.3) is 5.82 Å². The maximum absolute atomic E-state index is 5.97. The summed E-state index contributed by atoms with van der Waals surface area (Å²) in [5.41, 5.74) is 0. The lowest BCUT2D eigenvalue weighted by Gasteiger charge is -2.05. The van der Waals surface area contributed by atoms with Gasteiger partial charge in [0.25, 0.3) is 0 Å². The summed E-state index contributed by atoms with van der Waals surface area (Å²) >= 11 is 5.97. The van der Waals surface area contributed by atoms with E-state index in [0.29, 0.717) is 16.8 Å². The first-order valence-electron chi connectivity index (χ1n) is 4.57. The van der Waals surface area contributed by atoms with Gasteiger partial charge >= 0.3 is 0 Å². The predicted octanol–water partition coefficient (Wildman–Crippen LogP) is 1.75. The lowest BCUT2D eigenvalue weighted by molar-refractivity contribution is 0.840. The quantitative estimate of drug-likeness (QED) is 0.862. The second-order valence-corrected chi connectivity index (χ2v) is 3.25. The third-order valence-corrected chi connectivity index (χ3v) is 2.05. The van der Waals surface area contributed by atoms with Gasteiger partial charge in [-0.25, -0.2) is 9.67 Å². The Morgan fingerprint density at radius 2 is 2.40 bits per heavy atom. The number of nitrogens with one attached hydrogen (secondary N) is 1. The van der Waals surface area contributed by atoms with Crippen molar-refractivity contribution in [2.24, 2.45) is 0 Å². The first kappa shape index (κ1) is 9.92. The van der Waals surface area contributed by atoms with Crippen LogP contribution in [0.5, 0.6) is 0 Å². The third-order valence-electron chi connectivity index (χ3n) is 1.78. The summed E-state index contributed by atoms with van der Waals surface area (Å²) in [6.07, 6.45) is 5.01. The fourth-order valence-corrected chi connectivity index (χ4v) is 1.33. The van der Waals surface area contributed by atoms with Crippen molar-refractivity contribution >= 4 is 17.5 Å². The fraction of sp³-hybridized carbons (Fsp3) is 0.222. The highest BCUT2D eigenvalue weighted by molar-refractivity contribution is 6.32. The molecule has 1 N–H and O–H groups in total. The number of rotatable bonds is 3. The fourth-order valence-electron chi connectivity index (χ4n) is 1.16. The zero-order valence-corrected chi connectivity index (χ0v) is 8.94. The predicted molar refractivity (Wildman–Crippen MR) is 58.3 cm³/mol. The topological polar surface area (TPSA) is 55.6 Å². The van der Waals surface area contributed by atoms with E-state index in [-0.39, 0.29) is 0 Å². The highest BCUT2D eigenvalue weighted by Crippen LogP contribution is 2.17. The first-order valence-corrected chi connectivity index (χ1v) is 4.95. The Kier molecular flexibility index (Phi) is 2.82. The molecule has 0 bridgehead atoms. The number of hydrogen-bond acceptors (Lipinski definition) is 4. The zero-order valence-electron chi connectivity index (χ0n) is 8.18. The van der Waals surface area contributed by atoms with Crippen LogP contribution in [0, 0.1) is 0 Å². The normalized spacial score (nSPS) is 10.3. The van der Waals surface area contributed by atoms with Crippen LogP contribution in [0.1, 0.15) is 6.92 Å². The molecule has 0 saturated heterocycles. The molecule has 2 aromatic rings. The number of aromatic nitrogens is 4. The summed E-state index contributed by atoms with van der Waals surface area (Å²) in [6.45, 7) is 2.74. The Hall–Kier alpha value is -1.62. The SMILES string of the molecule is CCNc1ncc(Cl)c(-n2cccn2)n1. The Morgan fingerprint density at radius 3 is 3.07 bits per heavy atom. The van der Waals surface area contributed by atoms with Crippen molar-refractivity contribution in [2.45, 2.75) is 6.92 Å². The summed E-state index contributed by atoms with van der Waals surface area (Å²) in [7, 11) is 0. The van der Waals surface area contributed by atoms with Crippen LogP contribution < -0.4 is 5.32 Å². The number of anilines is 1. The van der Waals surface area contributed by atoms with Gasteiger partial charge in [0.1, 0.15) is 5.02 Å². The van der Waals surface area contributed by atoms with Crippen molar-refractivity contribution < 1.29 is 0 Å². The molecule has 0 saturated carbocycles. The van der Waals surface area contributed by atoms with Gasteiger partial charge in [0.05, 0.1) is 6.20 Å². The molecule has 0 aromatic carbocycles. The molecule has 5 nitrogen and oxygen atoms in total. The molecule has 0 spiro atoms. The second kappa shape index (κ2) is 4.27. The molecule has 0 aliphatic heterocycles. The summed E-state index contributed by atoms with van der Waals surface area (Å²) in [5.74, 6) is 1.13. The van der Waals surface area contributed by atoms with Crippen molar-refractivity contribution in [3.8, 4) is 5.82 Å². The summed E-state index contributed by atoms with van der Waals surface area (Å²) in [6, 6.07) is 1.81. The minimum absolute atomic E-state index is 0.473. The molecule has 0 aliphatic carbocycles. The van der Waals surface area contributed by atoms with Crippen molar-refractivity contribution in [3.63, 3.8) is 0 Å². The minimum Gasteiger partial charge on any atom is -0.354 e. The molecular formula is C9H10ClN5. The molecule has 0 atom stereocenters. The summed E-state index contributed by atoms with van der Waals surface area (Å²) < 4.78 is 1.60. The van der Waals surface area contributed by atoms with Crippen molar-refractivity contribution in [3.05, 3.63) is 29.7 Å². The van der Waals surface area contributed by atoms with E-state index in [4.69, 9.17) is 11.6 Å². The van der Waals surface area contributed by atoms with Crippen LogP contribution in [0.15, 0.2) is 24.7 Å². The molecule has 0 radical (unpaired) electrons. The van der Waals surface area contributed by atoms with Gasteiger partial charge in [-0.2, -0.15) is 10.1 Å². The molecule has 2 aromatic heterocycles. The van der Waals surface area contributed by atoms with Gasteiger partial charge in [0.2, 0.25) is 5.95 Å². The van der Waals surface area contributed by atoms with Gasteiger partial charge in [-0.05, 0) is 13.0 Å². The van der Waals surface area contributed by atoms with E-state index in [1.54, 1.807) is 23.3 Å². The lowest BCUT2D eigenvalue weighted by Crippen LogP contribution is -2.06. The lowest BCUT2D eigenvalue weighted by atomic mass is 10.5. The van der Waals surface area contributed by atoms with E-state index in [9.17, 15) is 0 Å². The maximum Gasteiger partial charge on any atom is 0.224 e. The molecule has 0 fully saturated rings. The molecule has 15 heavy (non-hydrogen) atoms. The van der Waals surface area contributed by atoms with E-state index in [1.165, 1.54) is 0 Å². The average molecular weight is 224 g/mol. The monoisotopic (exact) mass is 223 g/mol. The molecule has 6 heteroatoms. The number of hydrogen-bond donors (Lipinski definition) is 1. The van der Waals surface area contributed by atoms with Crippen molar-refractivity contribution in [1.82, 2.24) is 19.7 Å². The molecular weight excluding hydrogens is 214 g/mol. The highest BCUT2D eigenvalue weighted by Gasteiger charge is 2.06. The van der Waals surface area contributed by atoms with Crippen LogP contribution in [0.2, 0.25) is 5.02 Å². The summed E-state index contributed by atoms with van der Waals surface area (Å²) in [4.78, 5) is 8.29. The van der Waals surface area contributed by atoms with Crippen LogP contribution >= 0.6 is 11.6 Å². The third kappa shape index (κ3) is 2.07. The molecule has 0 unspecified atom stereocenters. The standard InChI is InChI=1S/C9H10ClN5/c1-2-11-9-12-6-7(10)8(14-9)15-5-3-4-13-15/h3-6H,2H2,1H3,(H,11,12,14). The van der Waals surface area contributed by atoms with Gasteiger partial charge in [-0.15, -0.1) is 0 Å². The van der Waals surface area contributed by atoms with Gasteiger partial charge in [-0.3, -0.25) is 0 Å². The largest absolute Gasteiger partial charge is 0.354 e. The van der Waals surface area contributed by atoms with Crippen LogP contribution in [0.3, 0.4) is 0 Å². The molecule has 0 amide bonds. The minimum atomic E-state index is 0.473. The molecule has 78 valence electrons. The van der Waals surface area contributed by atoms with Gasteiger partial charge in [-0.1, -0.05) is 11.6 Å². The Morgan fingerprint density at radius 1 is 1.53 bits per heavy atom. The summed E-state index contributed by atoms with van der Waals surface area (Å²) in [5, 5.41) is 7.55. The average Bonchev–Trinajstić information content (AvgIpc) is 2.74. The first-order chi connectivity index (χ1) is 7.31. The van der Waals surface area contributed by atoms with Gasteiger partial charge in [0.15, 0.2) is 5.82 Å². The van der Waals surface area contributed by atoms with Gasteiger partial charge < -0.3 is 5.32 Å². The van der Waals surface area contributed by atoms with Crippen molar-refractivity contribution in [1.29, 1.82) is 0 Å². The number of nitrogens with zero attached hydrogens (tertiary/aromatic N) is 4. The van der Waals surface area contributed by atoms with Crippen molar-refractivity contribution in [2.75, 3.05) is 11.9 Å². The highest BCUT2D eigenvalue weighted by atomic mass is 35.5. The van der Waals surface area contributed by atoms with E-state index in [0.717, 1.165) is 6.54 Å². The Balaban J connectivity index is 2.41. The van der Waals surface area contributed by atoms with E-state index >= 15 is 0 Å².